The second-order valence-electron chi connectivity index (χ2n) is 3.46. The highest BCUT2D eigenvalue weighted by molar-refractivity contribution is 5.68. The van der Waals surface area contributed by atoms with E-state index in [1.807, 2.05) is 31.3 Å². The fourth-order valence-corrected chi connectivity index (χ4v) is 1.70. The third-order valence-corrected chi connectivity index (χ3v) is 2.43. The maximum Gasteiger partial charge on any atom is 0.128 e. The first-order valence-corrected chi connectivity index (χ1v) is 5.17. The number of nitrogens with zero attached hydrogens (tertiary/aromatic N) is 1. The predicted octanol–water partition coefficient (Wildman–Crippen LogP) is 1.80. The van der Waals surface area contributed by atoms with Gasteiger partial charge < -0.3 is 15.0 Å². The molecule has 2 rings (SSSR count). The molecule has 0 unspecified atom stereocenters. The largest absolute Gasteiger partial charge is 0.496 e. The monoisotopic (exact) mass is 217 g/mol. The number of para-hydroxylation sites is 1. The van der Waals surface area contributed by atoms with Gasteiger partial charge in [-0.1, -0.05) is 12.1 Å². The first-order chi connectivity index (χ1) is 7.86. The second-order valence-corrected chi connectivity index (χ2v) is 3.46. The first-order valence-electron chi connectivity index (χ1n) is 5.17. The van der Waals surface area contributed by atoms with Crippen LogP contribution < -0.4 is 10.1 Å². The molecular weight excluding hydrogens is 202 g/mol. The molecule has 0 radical (unpaired) electrons. The van der Waals surface area contributed by atoms with Gasteiger partial charge in [-0.05, 0) is 19.2 Å². The van der Waals surface area contributed by atoms with Crippen molar-refractivity contribution in [2.45, 2.75) is 6.54 Å². The number of rotatable bonds is 4. The van der Waals surface area contributed by atoms with E-state index in [1.54, 1.807) is 13.4 Å². The molecule has 4 nitrogen and oxygen atoms in total. The van der Waals surface area contributed by atoms with Gasteiger partial charge in [0.25, 0.3) is 0 Å². The van der Waals surface area contributed by atoms with Gasteiger partial charge in [-0.3, -0.25) is 0 Å². The number of hydrogen-bond acceptors (Lipinski definition) is 3. The molecule has 0 saturated heterocycles. The van der Waals surface area contributed by atoms with Gasteiger partial charge in [0, 0.05) is 12.1 Å². The summed E-state index contributed by atoms with van der Waals surface area (Å²) in [6.45, 7) is 0.757. The molecule has 1 aromatic carbocycles. The number of aromatic amines is 1. The molecule has 0 atom stereocenters. The molecule has 0 saturated carbocycles. The van der Waals surface area contributed by atoms with Crippen LogP contribution >= 0.6 is 0 Å². The van der Waals surface area contributed by atoms with Crippen molar-refractivity contribution in [3.05, 3.63) is 36.3 Å². The summed E-state index contributed by atoms with van der Waals surface area (Å²) in [6.07, 6.45) is 1.70. The van der Waals surface area contributed by atoms with Gasteiger partial charge in [0.05, 0.1) is 24.8 Å². The van der Waals surface area contributed by atoms with Gasteiger partial charge in [0.15, 0.2) is 0 Å². The predicted molar refractivity (Wildman–Crippen MR) is 63.3 cm³/mol. The number of nitrogens with one attached hydrogen (secondary N) is 2. The topological polar surface area (TPSA) is 49.9 Å². The lowest BCUT2D eigenvalue weighted by atomic mass is 10.1. The van der Waals surface area contributed by atoms with Crippen molar-refractivity contribution in [3.8, 4) is 17.0 Å². The molecule has 2 aromatic rings. The average molecular weight is 217 g/mol. The van der Waals surface area contributed by atoms with Crippen LogP contribution in [0.25, 0.3) is 11.3 Å². The van der Waals surface area contributed by atoms with Crippen molar-refractivity contribution in [2.24, 2.45) is 0 Å². The van der Waals surface area contributed by atoms with Crippen molar-refractivity contribution in [3.63, 3.8) is 0 Å². The van der Waals surface area contributed by atoms with Crippen LogP contribution in [-0.4, -0.2) is 24.1 Å². The van der Waals surface area contributed by atoms with E-state index in [2.05, 4.69) is 15.3 Å². The maximum atomic E-state index is 5.33. The van der Waals surface area contributed by atoms with Gasteiger partial charge in [-0.15, -0.1) is 0 Å². The normalized spacial score (nSPS) is 10.4. The van der Waals surface area contributed by atoms with E-state index in [9.17, 15) is 0 Å². The number of aromatic nitrogens is 2. The molecular formula is C12H15N3O. The summed E-state index contributed by atoms with van der Waals surface area (Å²) in [5.74, 6) is 0.840. The van der Waals surface area contributed by atoms with Crippen LogP contribution in [-0.2, 0) is 6.54 Å². The van der Waals surface area contributed by atoms with E-state index in [0.29, 0.717) is 0 Å². The summed E-state index contributed by atoms with van der Waals surface area (Å²) in [6, 6.07) is 7.88. The Morgan fingerprint density at radius 1 is 1.38 bits per heavy atom. The van der Waals surface area contributed by atoms with Gasteiger partial charge in [-0.25, -0.2) is 4.98 Å². The lowest BCUT2D eigenvalue weighted by Gasteiger charge is -2.07. The van der Waals surface area contributed by atoms with E-state index in [1.165, 1.54) is 0 Å². The highest BCUT2D eigenvalue weighted by atomic mass is 16.5. The molecule has 1 aromatic heterocycles. The standard InChI is InChI=1S/C12H15N3O/c1-13-7-10-12(15-8-14-10)9-5-3-4-6-11(9)16-2/h3-6,8,13H,7H2,1-2H3,(H,14,15). The Labute approximate surface area is 94.7 Å². The summed E-state index contributed by atoms with van der Waals surface area (Å²) in [5.41, 5.74) is 3.01. The Morgan fingerprint density at radius 3 is 2.94 bits per heavy atom. The van der Waals surface area contributed by atoms with E-state index >= 15 is 0 Å². The van der Waals surface area contributed by atoms with Crippen LogP contribution in [0.5, 0.6) is 5.75 Å². The van der Waals surface area contributed by atoms with Crippen LogP contribution in [0.15, 0.2) is 30.6 Å². The smallest absolute Gasteiger partial charge is 0.128 e. The second kappa shape index (κ2) is 4.81. The minimum atomic E-state index is 0.757. The van der Waals surface area contributed by atoms with Crippen LogP contribution in [0.2, 0.25) is 0 Å². The Balaban J connectivity index is 2.45. The minimum Gasteiger partial charge on any atom is -0.496 e. The summed E-state index contributed by atoms with van der Waals surface area (Å²) in [7, 11) is 3.58. The lowest BCUT2D eigenvalue weighted by Crippen LogP contribution is -2.06. The van der Waals surface area contributed by atoms with Crippen molar-refractivity contribution < 1.29 is 4.74 Å². The summed E-state index contributed by atoms with van der Waals surface area (Å²) >= 11 is 0. The van der Waals surface area contributed by atoms with Crippen molar-refractivity contribution in [1.29, 1.82) is 0 Å². The van der Waals surface area contributed by atoms with E-state index in [4.69, 9.17) is 4.74 Å². The van der Waals surface area contributed by atoms with Crippen molar-refractivity contribution >= 4 is 0 Å². The van der Waals surface area contributed by atoms with Crippen molar-refractivity contribution in [1.82, 2.24) is 15.3 Å². The number of ether oxygens (including phenoxy) is 1. The average Bonchev–Trinajstić information content (AvgIpc) is 2.77. The third kappa shape index (κ3) is 1.92. The third-order valence-electron chi connectivity index (χ3n) is 2.43. The summed E-state index contributed by atoms with van der Waals surface area (Å²) in [4.78, 5) is 7.47. The molecule has 0 bridgehead atoms. The molecule has 16 heavy (non-hydrogen) atoms. The number of methoxy groups -OCH3 is 1. The molecule has 0 spiro atoms. The van der Waals surface area contributed by atoms with Crippen molar-refractivity contribution in [2.75, 3.05) is 14.2 Å². The molecule has 2 N–H and O–H groups in total. The SMILES string of the molecule is CNCc1[nH]cnc1-c1ccccc1OC. The zero-order valence-electron chi connectivity index (χ0n) is 9.45. The zero-order chi connectivity index (χ0) is 11.4. The Morgan fingerprint density at radius 2 is 2.19 bits per heavy atom. The Kier molecular flexibility index (Phi) is 3.22. The minimum absolute atomic E-state index is 0.757. The molecule has 0 aliphatic rings. The lowest BCUT2D eigenvalue weighted by molar-refractivity contribution is 0.416. The summed E-state index contributed by atoms with van der Waals surface area (Å²) in [5, 5.41) is 3.11. The first kappa shape index (κ1) is 10.7. The molecule has 0 aliphatic carbocycles. The highest BCUT2D eigenvalue weighted by Gasteiger charge is 2.11. The van der Waals surface area contributed by atoms with E-state index < -0.39 is 0 Å². The van der Waals surface area contributed by atoms with Crippen LogP contribution in [0.1, 0.15) is 5.69 Å². The number of H-pyrrole nitrogens is 1. The molecule has 0 fully saturated rings. The van der Waals surface area contributed by atoms with E-state index in [-0.39, 0.29) is 0 Å². The Hall–Kier alpha value is -1.81. The molecule has 0 amide bonds. The number of hydrogen-bond donors (Lipinski definition) is 2. The molecule has 0 aliphatic heterocycles. The van der Waals surface area contributed by atoms with Crippen LogP contribution in [0.4, 0.5) is 0 Å². The maximum absolute atomic E-state index is 5.33. The molecule has 4 heteroatoms. The highest BCUT2D eigenvalue weighted by Crippen LogP contribution is 2.29. The quantitative estimate of drug-likeness (QED) is 0.821. The van der Waals surface area contributed by atoms with Gasteiger partial charge in [0.1, 0.15) is 5.75 Å². The van der Waals surface area contributed by atoms with Gasteiger partial charge in [0.2, 0.25) is 0 Å². The number of imidazole rings is 1. The Bertz CT molecular complexity index is 465. The molecule has 84 valence electrons. The van der Waals surface area contributed by atoms with Gasteiger partial charge >= 0.3 is 0 Å². The summed E-state index contributed by atoms with van der Waals surface area (Å²) < 4.78 is 5.33. The van der Waals surface area contributed by atoms with Crippen LogP contribution in [0, 0.1) is 0 Å². The van der Waals surface area contributed by atoms with Crippen LogP contribution in [0.3, 0.4) is 0 Å². The van der Waals surface area contributed by atoms with Gasteiger partial charge in [-0.2, -0.15) is 0 Å². The van der Waals surface area contributed by atoms with E-state index in [0.717, 1.165) is 29.2 Å². The fourth-order valence-electron chi connectivity index (χ4n) is 1.70. The number of benzene rings is 1. The zero-order valence-corrected chi connectivity index (χ0v) is 9.45. The fraction of sp³-hybridized carbons (Fsp3) is 0.250. The molecule has 1 heterocycles.